The van der Waals surface area contributed by atoms with E-state index < -0.39 is 0 Å². The summed E-state index contributed by atoms with van der Waals surface area (Å²) in [4.78, 5) is 11.2. The molecule has 1 amide bonds. The molecule has 76 valence electrons. The van der Waals surface area contributed by atoms with E-state index in [9.17, 15) is 9.18 Å². The van der Waals surface area contributed by atoms with Crippen molar-refractivity contribution in [2.75, 3.05) is 17.3 Å². The van der Waals surface area contributed by atoms with Crippen LogP contribution in [0.4, 0.5) is 10.1 Å². The monoisotopic (exact) mass is 277 g/mol. The average Bonchev–Trinajstić information content (AvgIpc) is 2.12. The summed E-state index contributed by atoms with van der Waals surface area (Å²) in [7, 11) is 0. The van der Waals surface area contributed by atoms with Crippen molar-refractivity contribution in [2.45, 2.75) is 0 Å². The van der Waals surface area contributed by atoms with Crippen molar-refractivity contribution in [3.05, 3.63) is 28.5 Å². The van der Waals surface area contributed by atoms with Crippen molar-refractivity contribution in [3.8, 4) is 0 Å². The van der Waals surface area contributed by atoms with Crippen LogP contribution in [0.5, 0.6) is 0 Å². The largest absolute Gasteiger partial charge is 0.324 e. The second kappa shape index (κ2) is 5.36. The first-order valence-electron chi connectivity index (χ1n) is 3.87. The summed E-state index contributed by atoms with van der Waals surface area (Å²) in [6.45, 7) is 0. The number of rotatable bonds is 3. The number of hydrogen-bond donors (Lipinski definition) is 1. The van der Waals surface area contributed by atoms with Gasteiger partial charge < -0.3 is 5.32 Å². The molecule has 0 radical (unpaired) electrons. The van der Waals surface area contributed by atoms with E-state index >= 15 is 0 Å². The summed E-state index contributed by atoms with van der Waals surface area (Å²) in [6, 6.07) is 4.17. The van der Waals surface area contributed by atoms with E-state index in [4.69, 9.17) is 0 Å². The van der Waals surface area contributed by atoms with E-state index in [2.05, 4.69) is 21.2 Å². The molecule has 5 heteroatoms. The van der Waals surface area contributed by atoms with Crippen LogP contribution in [0.25, 0.3) is 0 Å². The lowest BCUT2D eigenvalue weighted by Crippen LogP contribution is -2.14. The molecule has 0 saturated carbocycles. The predicted octanol–water partition coefficient (Wildman–Crippen LogP) is 2.89. The van der Waals surface area contributed by atoms with Gasteiger partial charge in [-0.15, -0.1) is 0 Å². The van der Waals surface area contributed by atoms with E-state index in [0.717, 1.165) is 0 Å². The number of carbonyl (C=O) groups is 1. The summed E-state index contributed by atoms with van der Waals surface area (Å²) < 4.78 is 13.5. The Morgan fingerprint density at radius 3 is 3.00 bits per heavy atom. The maximum atomic E-state index is 12.8. The molecule has 1 aromatic rings. The van der Waals surface area contributed by atoms with Crippen LogP contribution in [-0.4, -0.2) is 17.9 Å². The van der Waals surface area contributed by atoms with Crippen LogP contribution in [0.3, 0.4) is 0 Å². The van der Waals surface area contributed by atoms with Crippen LogP contribution in [0, 0.1) is 5.82 Å². The Morgan fingerprint density at radius 1 is 1.64 bits per heavy atom. The molecule has 0 heterocycles. The second-order valence-corrected chi connectivity index (χ2v) is 4.33. The third kappa shape index (κ3) is 3.31. The van der Waals surface area contributed by atoms with Crippen molar-refractivity contribution in [3.63, 3.8) is 0 Å². The first kappa shape index (κ1) is 11.5. The number of halogens is 2. The van der Waals surface area contributed by atoms with Crippen LogP contribution < -0.4 is 5.32 Å². The van der Waals surface area contributed by atoms with Gasteiger partial charge in [-0.05, 0) is 40.4 Å². The molecule has 0 aliphatic carbocycles. The van der Waals surface area contributed by atoms with E-state index in [1.54, 1.807) is 6.07 Å². The van der Waals surface area contributed by atoms with Crippen LogP contribution in [-0.2, 0) is 4.79 Å². The van der Waals surface area contributed by atoms with Crippen molar-refractivity contribution in [1.82, 2.24) is 0 Å². The van der Waals surface area contributed by atoms with Gasteiger partial charge in [0.1, 0.15) is 5.82 Å². The number of benzene rings is 1. The zero-order valence-electron chi connectivity index (χ0n) is 7.51. The van der Waals surface area contributed by atoms with E-state index in [-0.39, 0.29) is 11.7 Å². The quantitative estimate of drug-likeness (QED) is 0.921. The Balaban J connectivity index is 2.75. The zero-order valence-corrected chi connectivity index (χ0v) is 9.91. The number of carbonyl (C=O) groups excluding carboxylic acids is 1. The van der Waals surface area contributed by atoms with Gasteiger partial charge in [-0.25, -0.2) is 4.39 Å². The molecule has 0 spiro atoms. The summed E-state index contributed by atoms with van der Waals surface area (Å²) in [5.41, 5.74) is 0.462. The molecule has 1 rings (SSSR count). The highest BCUT2D eigenvalue weighted by atomic mass is 79.9. The normalized spacial score (nSPS) is 9.93. The SMILES string of the molecule is CSCC(=O)Nc1cc(F)ccc1Br. The first-order chi connectivity index (χ1) is 6.63. The molecule has 14 heavy (non-hydrogen) atoms. The maximum absolute atomic E-state index is 12.8. The second-order valence-electron chi connectivity index (χ2n) is 2.61. The summed E-state index contributed by atoms with van der Waals surface area (Å²) in [6.07, 6.45) is 1.83. The van der Waals surface area contributed by atoms with Gasteiger partial charge in [0.2, 0.25) is 5.91 Å². The highest BCUT2D eigenvalue weighted by Gasteiger charge is 2.05. The van der Waals surface area contributed by atoms with Gasteiger partial charge in [0.05, 0.1) is 11.4 Å². The molecule has 1 aromatic carbocycles. The molecule has 1 N–H and O–H groups in total. The number of amides is 1. The lowest BCUT2D eigenvalue weighted by molar-refractivity contribution is -0.113. The Morgan fingerprint density at radius 2 is 2.36 bits per heavy atom. The number of hydrogen-bond acceptors (Lipinski definition) is 2. The molecule has 2 nitrogen and oxygen atoms in total. The van der Waals surface area contributed by atoms with Gasteiger partial charge in [0.25, 0.3) is 0 Å². The van der Waals surface area contributed by atoms with Crippen molar-refractivity contribution >= 4 is 39.3 Å². The van der Waals surface area contributed by atoms with Crippen LogP contribution in [0.15, 0.2) is 22.7 Å². The molecule has 0 atom stereocenters. The smallest absolute Gasteiger partial charge is 0.234 e. The Hall–Kier alpha value is -0.550. The summed E-state index contributed by atoms with van der Waals surface area (Å²) >= 11 is 4.64. The van der Waals surface area contributed by atoms with Crippen molar-refractivity contribution < 1.29 is 9.18 Å². The van der Waals surface area contributed by atoms with Gasteiger partial charge in [0.15, 0.2) is 0 Å². The Kier molecular flexibility index (Phi) is 4.41. The Bertz CT molecular complexity index is 346. The number of nitrogens with one attached hydrogen (secondary N) is 1. The third-order valence-electron chi connectivity index (χ3n) is 1.48. The average molecular weight is 278 g/mol. The maximum Gasteiger partial charge on any atom is 0.234 e. The minimum Gasteiger partial charge on any atom is -0.324 e. The highest BCUT2D eigenvalue weighted by Crippen LogP contribution is 2.22. The number of thioether (sulfide) groups is 1. The molecular formula is C9H9BrFNOS. The van der Waals surface area contributed by atoms with Gasteiger partial charge in [0, 0.05) is 4.47 Å². The molecule has 0 aromatic heterocycles. The fourth-order valence-corrected chi connectivity index (χ4v) is 1.59. The van der Waals surface area contributed by atoms with Gasteiger partial charge in [-0.3, -0.25) is 4.79 Å². The Labute approximate surface area is 94.4 Å². The summed E-state index contributed by atoms with van der Waals surface area (Å²) in [5.74, 6) is -0.139. The number of anilines is 1. The highest BCUT2D eigenvalue weighted by molar-refractivity contribution is 9.10. The zero-order chi connectivity index (χ0) is 10.6. The molecule has 0 aliphatic rings. The molecule has 0 aliphatic heterocycles. The fraction of sp³-hybridized carbons (Fsp3) is 0.222. The standard InChI is InChI=1S/C9H9BrFNOS/c1-14-5-9(13)12-8-4-6(11)2-3-7(8)10/h2-4H,5H2,1H3,(H,12,13). The minimum atomic E-state index is -0.368. The van der Waals surface area contributed by atoms with Gasteiger partial charge in [-0.1, -0.05) is 0 Å². The molecule has 0 saturated heterocycles. The lowest BCUT2D eigenvalue weighted by atomic mass is 10.3. The molecule has 0 fully saturated rings. The van der Waals surface area contributed by atoms with Crippen LogP contribution in [0.1, 0.15) is 0 Å². The predicted molar refractivity (Wildman–Crippen MR) is 61.1 cm³/mol. The van der Waals surface area contributed by atoms with E-state index in [1.165, 1.54) is 23.9 Å². The topological polar surface area (TPSA) is 29.1 Å². The third-order valence-corrected chi connectivity index (χ3v) is 2.72. The van der Waals surface area contributed by atoms with Crippen molar-refractivity contribution in [2.24, 2.45) is 0 Å². The minimum absolute atomic E-state index is 0.135. The van der Waals surface area contributed by atoms with Gasteiger partial charge in [-0.2, -0.15) is 11.8 Å². The van der Waals surface area contributed by atoms with Crippen molar-refractivity contribution in [1.29, 1.82) is 0 Å². The molecule has 0 bridgehead atoms. The van der Waals surface area contributed by atoms with Gasteiger partial charge >= 0.3 is 0 Å². The van der Waals surface area contributed by atoms with Crippen LogP contribution >= 0.6 is 27.7 Å². The fourth-order valence-electron chi connectivity index (χ4n) is 0.911. The molecule has 0 unspecified atom stereocenters. The summed E-state index contributed by atoms with van der Waals surface area (Å²) in [5, 5.41) is 2.61. The van der Waals surface area contributed by atoms with Crippen LogP contribution in [0.2, 0.25) is 0 Å². The van der Waals surface area contributed by atoms with E-state index in [1.807, 2.05) is 6.26 Å². The molecular weight excluding hydrogens is 269 g/mol. The first-order valence-corrected chi connectivity index (χ1v) is 6.06. The van der Waals surface area contributed by atoms with E-state index in [0.29, 0.717) is 15.9 Å². The lowest BCUT2D eigenvalue weighted by Gasteiger charge is -2.06.